The molecule has 3 nitrogen and oxygen atoms in total. The first kappa shape index (κ1) is 38.4. The maximum Gasteiger partial charge on any atom is 0.164 e. The molecule has 2 aliphatic rings. The highest BCUT2D eigenvalue weighted by molar-refractivity contribution is 6.05. The van der Waals surface area contributed by atoms with Gasteiger partial charge in [-0.05, 0) is 103 Å². The SMILES string of the molecule is C1=CCCC(C2(c3ccccc3)c3ccccc3-c3ccc(-c4ccc5ccccc5c4-c4cccc(-c5nc(-c6ccccc6)nc(-c6cccc(-c7ccccc7)c6)n5)c4)cc32)=C1. The number of nitrogens with zero attached hydrogens (tertiary/aromatic N) is 3. The van der Waals surface area contributed by atoms with Gasteiger partial charge in [-0.15, -0.1) is 0 Å². The van der Waals surface area contributed by atoms with E-state index in [1.165, 1.54) is 60.9 Å². The van der Waals surface area contributed by atoms with Crippen molar-refractivity contribution in [3.8, 4) is 78.7 Å². The van der Waals surface area contributed by atoms with Crippen LogP contribution in [0.1, 0.15) is 29.5 Å². The van der Waals surface area contributed by atoms with Crippen molar-refractivity contribution in [1.29, 1.82) is 0 Å². The van der Waals surface area contributed by atoms with Crippen molar-refractivity contribution in [1.82, 2.24) is 15.0 Å². The van der Waals surface area contributed by atoms with E-state index in [2.05, 4.69) is 212 Å². The third-order valence-corrected chi connectivity index (χ3v) is 13.3. The maximum absolute atomic E-state index is 5.23. The first-order chi connectivity index (χ1) is 32.2. The second-order valence-electron chi connectivity index (χ2n) is 17.0. The van der Waals surface area contributed by atoms with E-state index in [1.807, 2.05) is 24.3 Å². The quantitative estimate of drug-likeness (QED) is 0.153. The number of fused-ring (bicyclic) bond motifs is 4. The van der Waals surface area contributed by atoms with Crippen molar-refractivity contribution < 1.29 is 0 Å². The summed E-state index contributed by atoms with van der Waals surface area (Å²) in [5.41, 5.74) is 17.3. The average Bonchev–Trinajstić information content (AvgIpc) is 3.69. The van der Waals surface area contributed by atoms with E-state index in [1.54, 1.807) is 0 Å². The Morgan fingerprint density at radius 3 is 1.68 bits per heavy atom. The molecule has 0 bridgehead atoms. The molecule has 0 spiro atoms. The van der Waals surface area contributed by atoms with Gasteiger partial charge >= 0.3 is 0 Å². The molecule has 0 aliphatic heterocycles. The molecule has 1 heterocycles. The molecule has 3 heteroatoms. The molecule has 306 valence electrons. The second kappa shape index (κ2) is 16.1. The largest absolute Gasteiger partial charge is 0.208 e. The van der Waals surface area contributed by atoms with E-state index >= 15 is 0 Å². The van der Waals surface area contributed by atoms with Gasteiger partial charge in [-0.25, -0.2) is 15.0 Å². The Bertz CT molecular complexity index is 3480. The minimum atomic E-state index is -0.418. The number of hydrogen-bond acceptors (Lipinski definition) is 3. The molecule has 1 aromatic heterocycles. The lowest BCUT2D eigenvalue weighted by Crippen LogP contribution is -2.30. The van der Waals surface area contributed by atoms with E-state index in [9.17, 15) is 0 Å². The average molecular weight is 830 g/mol. The van der Waals surface area contributed by atoms with E-state index in [4.69, 9.17) is 15.0 Å². The molecule has 9 aromatic carbocycles. The van der Waals surface area contributed by atoms with E-state index in [0.29, 0.717) is 17.5 Å². The fourth-order valence-corrected chi connectivity index (χ4v) is 10.3. The van der Waals surface area contributed by atoms with Crippen LogP contribution in [0.4, 0.5) is 0 Å². The minimum absolute atomic E-state index is 0.418. The van der Waals surface area contributed by atoms with Crippen LogP contribution in [-0.4, -0.2) is 15.0 Å². The highest BCUT2D eigenvalue weighted by Crippen LogP contribution is 2.58. The molecule has 0 amide bonds. The van der Waals surface area contributed by atoms with Crippen molar-refractivity contribution in [3.05, 3.63) is 259 Å². The van der Waals surface area contributed by atoms with Gasteiger partial charge in [0.2, 0.25) is 0 Å². The number of benzene rings is 9. The van der Waals surface area contributed by atoms with Crippen LogP contribution in [0.3, 0.4) is 0 Å². The molecule has 0 radical (unpaired) electrons. The summed E-state index contributed by atoms with van der Waals surface area (Å²) in [5.74, 6) is 1.89. The minimum Gasteiger partial charge on any atom is -0.208 e. The summed E-state index contributed by atoms with van der Waals surface area (Å²) in [4.78, 5) is 15.5. The molecule has 2 aliphatic carbocycles. The normalized spacial score (nSPS) is 15.0. The fourth-order valence-electron chi connectivity index (χ4n) is 10.3. The Balaban J connectivity index is 1.04. The third-order valence-electron chi connectivity index (χ3n) is 13.3. The van der Waals surface area contributed by atoms with Gasteiger partial charge in [0, 0.05) is 16.7 Å². The predicted molar refractivity (Wildman–Crippen MR) is 268 cm³/mol. The molecule has 1 atom stereocenters. The predicted octanol–water partition coefficient (Wildman–Crippen LogP) is 15.6. The summed E-state index contributed by atoms with van der Waals surface area (Å²) < 4.78 is 0. The summed E-state index contributed by atoms with van der Waals surface area (Å²) in [6.07, 6.45) is 8.94. The topological polar surface area (TPSA) is 38.7 Å². The first-order valence-electron chi connectivity index (χ1n) is 22.5. The van der Waals surface area contributed by atoms with Crippen LogP contribution in [0.5, 0.6) is 0 Å². The maximum atomic E-state index is 5.23. The lowest BCUT2D eigenvalue weighted by Gasteiger charge is -2.37. The van der Waals surface area contributed by atoms with E-state index in [0.717, 1.165) is 46.2 Å². The summed E-state index contributed by atoms with van der Waals surface area (Å²) in [7, 11) is 0. The van der Waals surface area contributed by atoms with Gasteiger partial charge in [-0.3, -0.25) is 0 Å². The molecule has 0 fully saturated rings. The Kier molecular flexibility index (Phi) is 9.53. The van der Waals surface area contributed by atoms with Gasteiger partial charge in [0.25, 0.3) is 0 Å². The van der Waals surface area contributed by atoms with Crippen LogP contribution in [0.25, 0.3) is 89.4 Å². The van der Waals surface area contributed by atoms with Crippen LogP contribution < -0.4 is 0 Å². The van der Waals surface area contributed by atoms with Gasteiger partial charge in [0.1, 0.15) is 0 Å². The van der Waals surface area contributed by atoms with Crippen molar-refractivity contribution in [2.24, 2.45) is 0 Å². The zero-order chi connectivity index (χ0) is 43.2. The second-order valence-corrected chi connectivity index (χ2v) is 17.0. The van der Waals surface area contributed by atoms with Crippen molar-refractivity contribution in [3.63, 3.8) is 0 Å². The molecule has 1 unspecified atom stereocenters. The summed E-state index contributed by atoms with van der Waals surface area (Å²) in [5, 5.41) is 2.38. The van der Waals surface area contributed by atoms with Crippen LogP contribution in [0.2, 0.25) is 0 Å². The Morgan fingerprint density at radius 1 is 0.369 bits per heavy atom. The smallest absolute Gasteiger partial charge is 0.164 e. The zero-order valence-corrected chi connectivity index (χ0v) is 35.8. The molecular weight excluding hydrogens is 787 g/mol. The van der Waals surface area contributed by atoms with Crippen molar-refractivity contribution in [2.45, 2.75) is 18.3 Å². The lowest BCUT2D eigenvalue weighted by atomic mass is 9.65. The van der Waals surface area contributed by atoms with E-state index < -0.39 is 5.41 Å². The highest BCUT2D eigenvalue weighted by atomic mass is 15.0. The van der Waals surface area contributed by atoms with Gasteiger partial charge < -0.3 is 0 Å². The molecule has 0 saturated heterocycles. The Labute approximate surface area is 379 Å². The highest BCUT2D eigenvalue weighted by Gasteiger charge is 2.47. The summed E-state index contributed by atoms with van der Waals surface area (Å²) in [6.45, 7) is 0. The van der Waals surface area contributed by atoms with Crippen LogP contribution in [0, 0.1) is 0 Å². The number of rotatable bonds is 8. The van der Waals surface area contributed by atoms with Crippen LogP contribution in [0.15, 0.2) is 242 Å². The zero-order valence-electron chi connectivity index (χ0n) is 35.8. The molecule has 12 rings (SSSR count). The van der Waals surface area contributed by atoms with Gasteiger partial charge in [0.15, 0.2) is 17.5 Å². The number of aromatic nitrogens is 3. The number of allylic oxidation sites excluding steroid dienone is 4. The molecule has 0 N–H and O–H groups in total. The van der Waals surface area contributed by atoms with Crippen molar-refractivity contribution in [2.75, 3.05) is 0 Å². The first-order valence-corrected chi connectivity index (χ1v) is 22.5. The molecular formula is C62H43N3. The molecule has 65 heavy (non-hydrogen) atoms. The fraction of sp³-hybridized carbons (Fsp3) is 0.0484. The summed E-state index contributed by atoms with van der Waals surface area (Å²) in [6, 6.07) is 78.6. The monoisotopic (exact) mass is 829 g/mol. The van der Waals surface area contributed by atoms with Gasteiger partial charge in [0.05, 0.1) is 5.41 Å². The standard InChI is InChI=1S/C62H43N3/c1-5-19-42(20-6-1)45-24-17-26-48(39-45)60-63-59(44-22-7-2-8-23-44)64-61(65-60)49-27-18-25-47(40-49)58-52-32-14-13-21-43(52)35-37-53(58)46-36-38-55-54-33-15-16-34-56(54)62(57(55)41-46,50-28-9-3-10-29-50)51-30-11-4-12-31-51/h1-11,13-30,32-41H,12,31H2. The van der Waals surface area contributed by atoms with Crippen LogP contribution in [-0.2, 0) is 5.41 Å². The van der Waals surface area contributed by atoms with E-state index in [-0.39, 0.29) is 0 Å². The molecule has 10 aromatic rings. The molecule has 0 saturated carbocycles. The van der Waals surface area contributed by atoms with Crippen LogP contribution >= 0.6 is 0 Å². The van der Waals surface area contributed by atoms with Crippen molar-refractivity contribution >= 4 is 10.8 Å². The lowest BCUT2D eigenvalue weighted by molar-refractivity contribution is 0.693. The Morgan fingerprint density at radius 2 is 0.938 bits per heavy atom. The third kappa shape index (κ3) is 6.63. The Hall–Kier alpha value is -8.27. The van der Waals surface area contributed by atoms with Gasteiger partial charge in [-0.1, -0.05) is 224 Å². The van der Waals surface area contributed by atoms with Gasteiger partial charge in [-0.2, -0.15) is 0 Å². The number of hydrogen-bond donors (Lipinski definition) is 0. The summed E-state index contributed by atoms with van der Waals surface area (Å²) >= 11 is 0.